The maximum Gasteiger partial charge on any atom is 0.254 e. The number of carbonyl (C=O) groups excluding carboxylic acids is 1. The minimum Gasteiger partial charge on any atom is -0.497 e. The molecule has 21 heavy (non-hydrogen) atoms. The van der Waals surface area contributed by atoms with Gasteiger partial charge in [-0.2, -0.15) is 0 Å². The molecule has 0 spiro atoms. The molecule has 0 atom stereocenters. The van der Waals surface area contributed by atoms with Crippen LogP contribution >= 0.6 is 0 Å². The Balaban J connectivity index is 2.12. The number of hydrogen-bond acceptors (Lipinski definition) is 4. The fourth-order valence-corrected chi connectivity index (χ4v) is 1.85. The molecule has 0 unspecified atom stereocenters. The summed E-state index contributed by atoms with van der Waals surface area (Å²) in [7, 11) is 3.09. The van der Waals surface area contributed by atoms with Crippen molar-refractivity contribution in [3.05, 3.63) is 53.6 Å². The van der Waals surface area contributed by atoms with Crippen LogP contribution in [0.4, 0.5) is 4.39 Å². The molecule has 1 amide bonds. The molecule has 0 aliphatic heterocycles. The Morgan fingerprint density at radius 1 is 1.29 bits per heavy atom. The summed E-state index contributed by atoms with van der Waals surface area (Å²) in [5.74, 6) is 0.0915. The van der Waals surface area contributed by atoms with Crippen molar-refractivity contribution in [1.29, 1.82) is 0 Å². The van der Waals surface area contributed by atoms with E-state index in [2.05, 4.69) is 10.3 Å². The Morgan fingerprint density at radius 2 is 2.10 bits per heavy atom. The van der Waals surface area contributed by atoms with E-state index in [9.17, 15) is 9.18 Å². The van der Waals surface area contributed by atoms with Crippen LogP contribution < -0.4 is 14.8 Å². The summed E-state index contributed by atoms with van der Waals surface area (Å²) in [5.41, 5.74) is 0.687. The Labute approximate surface area is 121 Å². The zero-order valence-corrected chi connectivity index (χ0v) is 11.7. The summed E-state index contributed by atoms with van der Waals surface area (Å²) in [6.45, 7) is 0.195. The van der Waals surface area contributed by atoms with Crippen molar-refractivity contribution < 1.29 is 18.7 Å². The van der Waals surface area contributed by atoms with E-state index in [0.717, 1.165) is 11.8 Å². The number of rotatable bonds is 5. The van der Waals surface area contributed by atoms with Gasteiger partial charge in [-0.3, -0.25) is 9.78 Å². The van der Waals surface area contributed by atoms with Gasteiger partial charge in [0, 0.05) is 18.3 Å². The predicted octanol–water partition coefficient (Wildman–Crippen LogP) is 2.17. The number of nitrogens with zero attached hydrogens (tertiary/aromatic N) is 1. The molecule has 0 fully saturated rings. The van der Waals surface area contributed by atoms with Gasteiger partial charge in [0.2, 0.25) is 0 Å². The monoisotopic (exact) mass is 290 g/mol. The highest BCUT2D eigenvalue weighted by Gasteiger charge is 2.12. The van der Waals surface area contributed by atoms with Gasteiger partial charge in [-0.05, 0) is 24.3 Å². The van der Waals surface area contributed by atoms with Crippen LogP contribution in [0.5, 0.6) is 11.5 Å². The third-order valence-electron chi connectivity index (χ3n) is 2.94. The number of methoxy groups -OCH3 is 2. The Kier molecular flexibility index (Phi) is 4.71. The van der Waals surface area contributed by atoms with Gasteiger partial charge in [-0.15, -0.1) is 0 Å². The van der Waals surface area contributed by atoms with Crippen LogP contribution in [0.1, 0.15) is 15.9 Å². The smallest absolute Gasteiger partial charge is 0.254 e. The second kappa shape index (κ2) is 6.69. The summed E-state index contributed by atoms with van der Waals surface area (Å²) >= 11 is 0. The molecule has 1 aromatic heterocycles. The number of benzene rings is 1. The zero-order valence-electron chi connectivity index (χ0n) is 11.7. The van der Waals surface area contributed by atoms with E-state index in [1.807, 2.05) is 0 Å². The van der Waals surface area contributed by atoms with Crippen LogP contribution in [0.2, 0.25) is 0 Å². The van der Waals surface area contributed by atoms with E-state index in [4.69, 9.17) is 9.47 Å². The van der Waals surface area contributed by atoms with Crippen molar-refractivity contribution in [2.24, 2.45) is 0 Å². The van der Waals surface area contributed by atoms with Crippen LogP contribution in [0.25, 0.3) is 0 Å². The lowest BCUT2D eigenvalue weighted by Crippen LogP contribution is -2.24. The third kappa shape index (κ3) is 3.47. The van der Waals surface area contributed by atoms with Gasteiger partial charge in [-0.25, -0.2) is 4.39 Å². The average molecular weight is 290 g/mol. The van der Waals surface area contributed by atoms with Gasteiger partial charge in [-0.1, -0.05) is 0 Å². The van der Waals surface area contributed by atoms with Crippen molar-refractivity contribution in [2.45, 2.75) is 6.54 Å². The minimum absolute atomic E-state index is 0.0492. The molecule has 0 saturated heterocycles. The van der Waals surface area contributed by atoms with Gasteiger partial charge >= 0.3 is 0 Å². The second-order valence-electron chi connectivity index (χ2n) is 4.22. The van der Waals surface area contributed by atoms with Crippen molar-refractivity contribution >= 4 is 5.91 Å². The number of carbonyl (C=O) groups is 1. The van der Waals surface area contributed by atoms with Gasteiger partial charge < -0.3 is 14.8 Å². The molecule has 0 radical (unpaired) electrons. The number of hydrogen-bond donors (Lipinski definition) is 1. The van der Waals surface area contributed by atoms with Gasteiger partial charge in [0.15, 0.2) is 5.82 Å². The summed E-state index contributed by atoms with van der Waals surface area (Å²) in [6, 6.07) is 6.58. The van der Waals surface area contributed by atoms with Crippen molar-refractivity contribution in [2.75, 3.05) is 14.2 Å². The lowest BCUT2D eigenvalue weighted by Gasteiger charge is -2.11. The molecule has 6 heteroatoms. The van der Waals surface area contributed by atoms with E-state index in [1.54, 1.807) is 25.3 Å². The number of pyridine rings is 1. The first kappa shape index (κ1) is 14.8. The number of ether oxygens (including phenoxy) is 2. The van der Waals surface area contributed by atoms with E-state index in [-0.39, 0.29) is 12.1 Å². The second-order valence-corrected chi connectivity index (χ2v) is 4.22. The quantitative estimate of drug-likeness (QED) is 0.916. The van der Waals surface area contributed by atoms with Gasteiger partial charge in [0.1, 0.15) is 11.5 Å². The highest BCUT2D eigenvalue weighted by molar-refractivity contribution is 5.94. The lowest BCUT2D eigenvalue weighted by molar-refractivity contribution is 0.0946. The standard InChI is InChI=1S/C15H15FN2O3/c1-20-11-3-4-14(21-2)10(7-11)8-18-15(19)12-5-6-17-9-13(12)16/h3-7,9H,8H2,1-2H3,(H,18,19). The molecule has 0 bridgehead atoms. The molecule has 2 aromatic rings. The molecule has 0 aliphatic carbocycles. The topological polar surface area (TPSA) is 60.5 Å². The van der Waals surface area contributed by atoms with Crippen LogP contribution in [0.3, 0.4) is 0 Å². The SMILES string of the molecule is COc1ccc(OC)c(CNC(=O)c2ccncc2F)c1. The Hall–Kier alpha value is -2.63. The summed E-state index contributed by atoms with van der Waals surface area (Å²) in [6.07, 6.45) is 2.37. The number of nitrogens with one attached hydrogen (secondary N) is 1. The largest absolute Gasteiger partial charge is 0.497 e. The highest BCUT2D eigenvalue weighted by Crippen LogP contribution is 2.23. The first-order chi connectivity index (χ1) is 10.2. The molecule has 1 N–H and O–H groups in total. The van der Waals surface area contributed by atoms with Gasteiger partial charge in [0.25, 0.3) is 5.91 Å². The van der Waals surface area contributed by atoms with Crippen LogP contribution in [-0.2, 0) is 6.54 Å². The van der Waals surface area contributed by atoms with E-state index in [0.29, 0.717) is 11.5 Å². The number of aromatic nitrogens is 1. The van der Waals surface area contributed by atoms with E-state index >= 15 is 0 Å². The Morgan fingerprint density at radius 3 is 2.76 bits per heavy atom. The predicted molar refractivity (Wildman–Crippen MR) is 74.9 cm³/mol. The fraction of sp³-hybridized carbons (Fsp3) is 0.200. The Bertz CT molecular complexity index is 647. The van der Waals surface area contributed by atoms with E-state index in [1.165, 1.54) is 19.4 Å². The highest BCUT2D eigenvalue weighted by atomic mass is 19.1. The van der Waals surface area contributed by atoms with E-state index < -0.39 is 11.7 Å². The normalized spacial score (nSPS) is 10.0. The molecule has 110 valence electrons. The van der Waals surface area contributed by atoms with Crippen LogP contribution in [0, 0.1) is 5.82 Å². The van der Waals surface area contributed by atoms with Crippen LogP contribution in [0.15, 0.2) is 36.7 Å². The molecule has 1 aromatic carbocycles. The molecular weight excluding hydrogens is 275 g/mol. The molecule has 0 saturated carbocycles. The first-order valence-electron chi connectivity index (χ1n) is 6.24. The molecule has 1 heterocycles. The number of halogens is 1. The summed E-state index contributed by atoms with van der Waals surface area (Å²) in [5, 5.41) is 2.64. The van der Waals surface area contributed by atoms with Gasteiger partial charge in [0.05, 0.1) is 26.0 Å². The molecule has 0 aliphatic rings. The third-order valence-corrected chi connectivity index (χ3v) is 2.94. The molecule has 5 nitrogen and oxygen atoms in total. The lowest BCUT2D eigenvalue weighted by atomic mass is 10.1. The minimum atomic E-state index is -0.660. The van der Waals surface area contributed by atoms with Crippen molar-refractivity contribution in [1.82, 2.24) is 10.3 Å². The summed E-state index contributed by atoms with van der Waals surface area (Å²) < 4.78 is 23.8. The fourth-order valence-electron chi connectivity index (χ4n) is 1.85. The molecule has 2 rings (SSSR count). The maximum atomic E-state index is 13.5. The summed E-state index contributed by atoms with van der Waals surface area (Å²) in [4.78, 5) is 15.5. The average Bonchev–Trinajstić information content (AvgIpc) is 2.52. The van der Waals surface area contributed by atoms with Crippen molar-refractivity contribution in [3.63, 3.8) is 0 Å². The maximum absolute atomic E-state index is 13.5. The van der Waals surface area contributed by atoms with Crippen molar-refractivity contribution in [3.8, 4) is 11.5 Å². The van der Waals surface area contributed by atoms with Crippen LogP contribution in [-0.4, -0.2) is 25.1 Å². The zero-order chi connectivity index (χ0) is 15.2. The molecular formula is C15H15FN2O3. The number of amides is 1. The first-order valence-corrected chi connectivity index (χ1v) is 6.24.